The fourth-order valence-electron chi connectivity index (χ4n) is 1.87. The number of hydrogen-bond acceptors (Lipinski definition) is 1. The van der Waals surface area contributed by atoms with E-state index in [0.29, 0.717) is 10.6 Å². The predicted octanol–water partition coefficient (Wildman–Crippen LogP) is 2.87. The van der Waals surface area contributed by atoms with Crippen molar-refractivity contribution in [1.29, 1.82) is 0 Å². The molecule has 0 aliphatic heterocycles. The van der Waals surface area contributed by atoms with Gasteiger partial charge in [-0.2, -0.15) is 0 Å². The molecule has 0 aliphatic carbocycles. The van der Waals surface area contributed by atoms with Crippen LogP contribution < -0.4 is 0 Å². The SMILES string of the molecule is [C-]#[N+]Cn1cc(C(=O)N(C)C)c2ccc(Cl)cc21. The molecule has 2 aromatic rings. The van der Waals surface area contributed by atoms with Crippen LogP contribution in [0.4, 0.5) is 0 Å². The van der Waals surface area contributed by atoms with Crippen LogP contribution in [-0.4, -0.2) is 29.5 Å². The van der Waals surface area contributed by atoms with E-state index in [1.165, 1.54) is 4.90 Å². The van der Waals surface area contributed by atoms with Gasteiger partial charge in [0.1, 0.15) is 0 Å². The molecule has 0 saturated heterocycles. The van der Waals surface area contributed by atoms with E-state index in [9.17, 15) is 4.79 Å². The first-order valence-electron chi connectivity index (χ1n) is 5.38. The highest BCUT2D eigenvalue weighted by molar-refractivity contribution is 6.31. The van der Waals surface area contributed by atoms with Crippen LogP contribution in [0.3, 0.4) is 0 Å². The molecule has 1 aromatic heterocycles. The second-order valence-electron chi connectivity index (χ2n) is 4.17. The third-order valence-electron chi connectivity index (χ3n) is 2.70. The van der Waals surface area contributed by atoms with Gasteiger partial charge in [0, 0.05) is 30.7 Å². The lowest BCUT2D eigenvalue weighted by atomic mass is 10.1. The van der Waals surface area contributed by atoms with Crippen molar-refractivity contribution < 1.29 is 4.79 Å². The van der Waals surface area contributed by atoms with Crippen LogP contribution in [-0.2, 0) is 6.67 Å². The highest BCUT2D eigenvalue weighted by atomic mass is 35.5. The first-order valence-corrected chi connectivity index (χ1v) is 5.75. The van der Waals surface area contributed by atoms with Gasteiger partial charge in [0.2, 0.25) is 0 Å². The van der Waals surface area contributed by atoms with Crippen molar-refractivity contribution in [3.05, 3.63) is 46.4 Å². The lowest BCUT2D eigenvalue weighted by Crippen LogP contribution is -2.21. The molecule has 2 rings (SSSR count). The number of carbonyl (C=O) groups is 1. The van der Waals surface area contributed by atoms with Gasteiger partial charge >= 0.3 is 0 Å². The highest BCUT2D eigenvalue weighted by Gasteiger charge is 2.17. The highest BCUT2D eigenvalue weighted by Crippen LogP contribution is 2.25. The number of halogens is 1. The maximum absolute atomic E-state index is 12.1. The fraction of sp³-hybridized carbons (Fsp3) is 0.231. The van der Waals surface area contributed by atoms with Gasteiger partial charge in [0.25, 0.3) is 12.6 Å². The van der Waals surface area contributed by atoms with E-state index in [-0.39, 0.29) is 12.6 Å². The summed E-state index contributed by atoms with van der Waals surface area (Å²) in [5, 5.41) is 1.41. The molecular formula is C13H12ClN3O. The Kier molecular flexibility index (Phi) is 3.26. The zero-order valence-electron chi connectivity index (χ0n) is 10.1. The Morgan fingerprint density at radius 2 is 2.22 bits per heavy atom. The number of aromatic nitrogens is 1. The first-order chi connectivity index (χ1) is 8.54. The van der Waals surface area contributed by atoms with Crippen molar-refractivity contribution in [2.24, 2.45) is 0 Å². The molecule has 1 aromatic carbocycles. The summed E-state index contributed by atoms with van der Waals surface area (Å²) >= 11 is 5.96. The van der Waals surface area contributed by atoms with Crippen LogP contribution in [0.1, 0.15) is 10.4 Å². The Morgan fingerprint density at radius 1 is 1.50 bits per heavy atom. The van der Waals surface area contributed by atoms with Crippen molar-refractivity contribution in [1.82, 2.24) is 9.47 Å². The molecular weight excluding hydrogens is 250 g/mol. The van der Waals surface area contributed by atoms with E-state index in [1.54, 1.807) is 37.0 Å². The van der Waals surface area contributed by atoms with Crippen molar-refractivity contribution in [2.75, 3.05) is 14.1 Å². The average molecular weight is 262 g/mol. The van der Waals surface area contributed by atoms with Gasteiger partial charge in [0.15, 0.2) is 0 Å². The molecule has 0 N–H and O–H groups in total. The number of benzene rings is 1. The lowest BCUT2D eigenvalue weighted by molar-refractivity contribution is 0.0829. The molecule has 0 bridgehead atoms. The molecule has 18 heavy (non-hydrogen) atoms. The van der Waals surface area contributed by atoms with Crippen LogP contribution in [0.15, 0.2) is 24.4 Å². The van der Waals surface area contributed by atoms with Gasteiger partial charge in [-0.3, -0.25) is 14.2 Å². The van der Waals surface area contributed by atoms with Crippen LogP contribution in [0.5, 0.6) is 0 Å². The fourth-order valence-corrected chi connectivity index (χ4v) is 2.04. The summed E-state index contributed by atoms with van der Waals surface area (Å²) in [7, 11) is 3.41. The third-order valence-corrected chi connectivity index (χ3v) is 2.94. The van der Waals surface area contributed by atoms with Gasteiger partial charge in [-0.15, -0.1) is 0 Å². The Labute approximate surface area is 110 Å². The van der Waals surface area contributed by atoms with Gasteiger partial charge in [-0.05, 0) is 12.1 Å². The van der Waals surface area contributed by atoms with Gasteiger partial charge in [-0.25, -0.2) is 6.57 Å². The monoisotopic (exact) mass is 261 g/mol. The van der Waals surface area contributed by atoms with E-state index >= 15 is 0 Å². The van der Waals surface area contributed by atoms with Crippen LogP contribution in [0.2, 0.25) is 5.02 Å². The molecule has 0 radical (unpaired) electrons. The van der Waals surface area contributed by atoms with Crippen molar-refractivity contribution in [3.8, 4) is 0 Å². The predicted molar refractivity (Wildman–Crippen MR) is 71.6 cm³/mol. The Bertz CT molecular complexity index is 652. The van der Waals surface area contributed by atoms with Crippen LogP contribution in [0, 0.1) is 6.57 Å². The van der Waals surface area contributed by atoms with Crippen molar-refractivity contribution >= 4 is 28.4 Å². The minimum atomic E-state index is -0.0777. The number of rotatable bonds is 2. The van der Waals surface area contributed by atoms with Gasteiger partial charge in [-0.1, -0.05) is 17.7 Å². The summed E-state index contributed by atoms with van der Waals surface area (Å²) in [5.74, 6) is -0.0777. The minimum Gasteiger partial charge on any atom is -0.345 e. The van der Waals surface area contributed by atoms with Crippen molar-refractivity contribution in [3.63, 3.8) is 0 Å². The molecule has 0 saturated carbocycles. The number of hydrogen-bond donors (Lipinski definition) is 0. The first kappa shape index (κ1) is 12.5. The number of fused-ring (bicyclic) bond motifs is 1. The molecule has 1 amide bonds. The molecule has 0 fully saturated rings. The Hall–Kier alpha value is -1.99. The summed E-state index contributed by atoms with van der Waals surface area (Å²) in [6, 6.07) is 5.34. The largest absolute Gasteiger partial charge is 0.345 e. The summed E-state index contributed by atoms with van der Waals surface area (Å²) in [4.78, 5) is 16.9. The normalized spacial score (nSPS) is 10.3. The molecule has 0 aliphatic rings. The maximum atomic E-state index is 12.1. The molecule has 0 unspecified atom stereocenters. The standard InChI is InChI=1S/C13H12ClN3O/c1-15-8-17-7-11(13(18)16(2)3)10-5-4-9(14)6-12(10)17/h4-7H,8H2,2-3H3. The molecule has 5 heteroatoms. The average Bonchev–Trinajstić information content (AvgIpc) is 2.67. The Morgan fingerprint density at radius 3 is 2.83 bits per heavy atom. The number of amides is 1. The smallest absolute Gasteiger partial charge is 0.293 e. The van der Waals surface area contributed by atoms with E-state index < -0.39 is 0 Å². The molecule has 4 nitrogen and oxygen atoms in total. The summed E-state index contributed by atoms with van der Waals surface area (Å²) in [5.41, 5.74) is 1.40. The Balaban J connectivity index is 2.69. The summed E-state index contributed by atoms with van der Waals surface area (Å²) < 4.78 is 1.74. The van der Waals surface area contributed by atoms with E-state index in [2.05, 4.69) is 4.85 Å². The maximum Gasteiger partial charge on any atom is 0.293 e. The second-order valence-corrected chi connectivity index (χ2v) is 4.61. The molecule has 92 valence electrons. The zero-order valence-corrected chi connectivity index (χ0v) is 10.9. The minimum absolute atomic E-state index is 0.0777. The number of nitrogens with zero attached hydrogens (tertiary/aromatic N) is 3. The van der Waals surface area contributed by atoms with Crippen LogP contribution >= 0.6 is 11.6 Å². The number of carbonyl (C=O) groups excluding carboxylic acids is 1. The topological polar surface area (TPSA) is 29.6 Å². The van der Waals surface area contributed by atoms with Gasteiger partial charge < -0.3 is 4.90 Å². The lowest BCUT2D eigenvalue weighted by Gasteiger charge is -2.08. The zero-order chi connectivity index (χ0) is 13.3. The van der Waals surface area contributed by atoms with E-state index in [0.717, 1.165) is 10.9 Å². The quantitative estimate of drug-likeness (QED) is 0.765. The van der Waals surface area contributed by atoms with E-state index in [1.807, 2.05) is 6.07 Å². The summed E-state index contributed by atoms with van der Waals surface area (Å²) in [6.07, 6.45) is 1.71. The van der Waals surface area contributed by atoms with Crippen molar-refractivity contribution in [2.45, 2.75) is 6.67 Å². The second kappa shape index (κ2) is 4.71. The van der Waals surface area contributed by atoms with Crippen LogP contribution in [0.25, 0.3) is 15.7 Å². The molecule has 0 atom stereocenters. The molecule has 0 spiro atoms. The molecule has 1 heterocycles. The summed E-state index contributed by atoms with van der Waals surface area (Å²) in [6.45, 7) is 7.12. The third kappa shape index (κ3) is 2.05. The van der Waals surface area contributed by atoms with E-state index in [4.69, 9.17) is 18.2 Å². The van der Waals surface area contributed by atoms with Gasteiger partial charge in [0.05, 0.1) is 11.1 Å².